The van der Waals surface area contributed by atoms with E-state index in [1.807, 2.05) is 0 Å². The van der Waals surface area contributed by atoms with Gasteiger partial charge in [-0.2, -0.15) is 0 Å². The van der Waals surface area contributed by atoms with E-state index in [1.54, 1.807) is 51.4 Å². The van der Waals surface area contributed by atoms with E-state index in [2.05, 4.69) is 6.92 Å². The molecule has 140 valence electrons. The third-order valence-corrected chi connectivity index (χ3v) is 8.07. The van der Waals surface area contributed by atoms with Crippen LogP contribution in [0.5, 0.6) is 0 Å². The Kier molecular flexibility index (Phi) is 7.50. The zero-order valence-corrected chi connectivity index (χ0v) is 16.4. The standard InChI is InChI=1S/C23H43N/c1-2-3-4-5-18-6-8-19(9-7-18)20-10-12-21(13-11-20)22-14-16-23(24)17-15-22/h18-23H,2-17,24H2,1H3. The van der Waals surface area contributed by atoms with Gasteiger partial charge in [-0.3, -0.25) is 0 Å². The predicted molar refractivity (Wildman–Crippen MR) is 105 cm³/mol. The zero-order chi connectivity index (χ0) is 16.8. The Hall–Kier alpha value is -0.0400. The summed E-state index contributed by atoms with van der Waals surface area (Å²) in [6, 6.07) is 0.519. The van der Waals surface area contributed by atoms with Gasteiger partial charge in [-0.1, -0.05) is 45.4 Å². The molecule has 3 saturated carbocycles. The maximum Gasteiger partial charge on any atom is 0.00390 e. The van der Waals surface area contributed by atoms with Crippen molar-refractivity contribution in [1.82, 2.24) is 0 Å². The molecule has 0 spiro atoms. The number of hydrogen-bond donors (Lipinski definition) is 1. The predicted octanol–water partition coefficient (Wildman–Crippen LogP) is 6.70. The van der Waals surface area contributed by atoms with Crippen molar-refractivity contribution >= 4 is 0 Å². The summed E-state index contributed by atoms with van der Waals surface area (Å²) in [6.45, 7) is 2.33. The Bertz CT molecular complexity index is 328. The van der Waals surface area contributed by atoms with E-state index < -0.39 is 0 Å². The average molecular weight is 334 g/mol. The topological polar surface area (TPSA) is 26.0 Å². The highest BCUT2D eigenvalue weighted by molar-refractivity contribution is 4.86. The van der Waals surface area contributed by atoms with Gasteiger partial charge in [0.05, 0.1) is 0 Å². The van der Waals surface area contributed by atoms with Gasteiger partial charge in [0.15, 0.2) is 0 Å². The van der Waals surface area contributed by atoms with E-state index in [-0.39, 0.29) is 0 Å². The molecule has 0 bridgehead atoms. The van der Waals surface area contributed by atoms with Crippen molar-refractivity contribution < 1.29 is 0 Å². The largest absolute Gasteiger partial charge is 0.328 e. The smallest absolute Gasteiger partial charge is 0.00390 e. The molecular formula is C23H43N. The number of nitrogens with two attached hydrogens (primary N) is 1. The fourth-order valence-corrected chi connectivity index (χ4v) is 6.34. The van der Waals surface area contributed by atoms with Crippen LogP contribution in [0.2, 0.25) is 0 Å². The minimum absolute atomic E-state index is 0.519. The fraction of sp³-hybridized carbons (Fsp3) is 1.00. The molecule has 3 fully saturated rings. The molecular weight excluding hydrogens is 290 g/mol. The van der Waals surface area contributed by atoms with Gasteiger partial charge in [0.25, 0.3) is 0 Å². The van der Waals surface area contributed by atoms with Gasteiger partial charge in [0.2, 0.25) is 0 Å². The molecule has 1 heteroatoms. The lowest BCUT2D eigenvalue weighted by molar-refractivity contribution is 0.109. The van der Waals surface area contributed by atoms with E-state index in [9.17, 15) is 0 Å². The van der Waals surface area contributed by atoms with Crippen LogP contribution in [0.3, 0.4) is 0 Å². The molecule has 3 rings (SSSR count). The van der Waals surface area contributed by atoms with Crippen LogP contribution < -0.4 is 5.73 Å². The SMILES string of the molecule is CCCCCC1CCC(C2CCC(C3CCC(N)CC3)CC2)CC1. The van der Waals surface area contributed by atoms with E-state index >= 15 is 0 Å². The van der Waals surface area contributed by atoms with Gasteiger partial charge in [-0.25, -0.2) is 0 Å². The van der Waals surface area contributed by atoms with Crippen LogP contribution in [0.1, 0.15) is 110 Å². The summed E-state index contributed by atoms with van der Waals surface area (Å²) in [5.41, 5.74) is 6.10. The van der Waals surface area contributed by atoms with E-state index in [0.717, 1.165) is 29.6 Å². The van der Waals surface area contributed by atoms with Crippen molar-refractivity contribution in [2.75, 3.05) is 0 Å². The van der Waals surface area contributed by atoms with Gasteiger partial charge in [-0.15, -0.1) is 0 Å². The van der Waals surface area contributed by atoms with Crippen LogP contribution in [0.25, 0.3) is 0 Å². The quantitative estimate of drug-likeness (QED) is 0.538. The van der Waals surface area contributed by atoms with Crippen molar-refractivity contribution in [3.8, 4) is 0 Å². The maximum absolute atomic E-state index is 6.10. The molecule has 0 heterocycles. The second-order valence-corrected chi connectivity index (χ2v) is 9.63. The monoisotopic (exact) mass is 333 g/mol. The van der Waals surface area contributed by atoms with Crippen LogP contribution in [-0.4, -0.2) is 6.04 Å². The number of rotatable bonds is 6. The minimum Gasteiger partial charge on any atom is -0.328 e. The van der Waals surface area contributed by atoms with Crippen LogP contribution >= 0.6 is 0 Å². The molecule has 0 aromatic rings. The van der Waals surface area contributed by atoms with Crippen molar-refractivity contribution in [2.24, 2.45) is 35.3 Å². The third kappa shape index (κ3) is 5.23. The summed E-state index contributed by atoms with van der Waals surface area (Å²) >= 11 is 0. The maximum atomic E-state index is 6.10. The molecule has 2 N–H and O–H groups in total. The van der Waals surface area contributed by atoms with Crippen molar-refractivity contribution in [1.29, 1.82) is 0 Å². The van der Waals surface area contributed by atoms with Crippen LogP contribution in [0.4, 0.5) is 0 Å². The fourth-order valence-electron chi connectivity index (χ4n) is 6.34. The highest BCUT2D eigenvalue weighted by Crippen LogP contribution is 2.45. The van der Waals surface area contributed by atoms with Crippen molar-refractivity contribution in [2.45, 2.75) is 116 Å². The summed E-state index contributed by atoms with van der Waals surface area (Å²) in [6.07, 6.45) is 23.7. The summed E-state index contributed by atoms with van der Waals surface area (Å²) in [7, 11) is 0. The Morgan fingerprint density at radius 2 is 1.00 bits per heavy atom. The number of hydrogen-bond acceptors (Lipinski definition) is 1. The Morgan fingerprint density at radius 3 is 1.46 bits per heavy atom. The van der Waals surface area contributed by atoms with Gasteiger partial charge < -0.3 is 5.73 Å². The third-order valence-electron chi connectivity index (χ3n) is 8.07. The first-order valence-electron chi connectivity index (χ1n) is 11.5. The van der Waals surface area contributed by atoms with E-state index in [0.29, 0.717) is 6.04 Å². The number of unbranched alkanes of at least 4 members (excludes halogenated alkanes) is 2. The lowest BCUT2D eigenvalue weighted by atomic mass is 9.65. The lowest BCUT2D eigenvalue weighted by Crippen LogP contribution is -2.32. The molecule has 0 radical (unpaired) electrons. The van der Waals surface area contributed by atoms with Gasteiger partial charge in [0.1, 0.15) is 0 Å². The second-order valence-electron chi connectivity index (χ2n) is 9.63. The summed E-state index contributed by atoms with van der Waals surface area (Å²) in [5, 5.41) is 0. The molecule has 1 nitrogen and oxygen atoms in total. The lowest BCUT2D eigenvalue weighted by Gasteiger charge is -2.41. The van der Waals surface area contributed by atoms with Crippen molar-refractivity contribution in [3.63, 3.8) is 0 Å². The molecule has 0 amide bonds. The van der Waals surface area contributed by atoms with Gasteiger partial charge in [-0.05, 0) is 93.8 Å². The molecule has 3 aliphatic rings. The van der Waals surface area contributed by atoms with Crippen molar-refractivity contribution in [3.05, 3.63) is 0 Å². The molecule has 0 aliphatic heterocycles. The Morgan fingerprint density at radius 1 is 0.583 bits per heavy atom. The summed E-state index contributed by atoms with van der Waals surface area (Å²) in [5.74, 6) is 5.34. The molecule has 0 aromatic heterocycles. The highest BCUT2D eigenvalue weighted by Gasteiger charge is 2.34. The second kappa shape index (κ2) is 9.60. The average Bonchev–Trinajstić information content (AvgIpc) is 2.63. The van der Waals surface area contributed by atoms with Gasteiger partial charge >= 0.3 is 0 Å². The first-order chi connectivity index (χ1) is 11.8. The summed E-state index contributed by atoms with van der Waals surface area (Å²) in [4.78, 5) is 0. The molecule has 0 saturated heterocycles. The first-order valence-corrected chi connectivity index (χ1v) is 11.5. The molecule has 0 aromatic carbocycles. The molecule has 24 heavy (non-hydrogen) atoms. The van der Waals surface area contributed by atoms with Gasteiger partial charge in [0, 0.05) is 6.04 Å². The highest BCUT2D eigenvalue weighted by atomic mass is 14.6. The van der Waals surface area contributed by atoms with Crippen LogP contribution in [0.15, 0.2) is 0 Å². The van der Waals surface area contributed by atoms with Crippen LogP contribution in [0, 0.1) is 29.6 Å². The summed E-state index contributed by atoms with van der Waals surface area (Å²) < 4.78 is 0. The molecule has 3 aliphatic carbocycles. The Balaban J connectivity index is 1.34. The van der Waals surface area contributed by atoms with E-state index in [4.69, 9.17) is 5.73 Å². The van der Waals surface area contributed by atoms with Crippen LogP contribution in [-0.2, 0) is 0 Å². The minimum atomic E-state index is 0.519. The molecule has 0 unspecified atom stereocenters. The molecule has 0 atom stereocenters. The van der Waals surface area contributed by atoms with E-state index in [1.165, 1.54) is 51.4 Å². The normalized spacial score (nSPS) is 41.2. The first kappa shape index (κ1) is 18.7. The Labute approximate surface area is 151 Å². The zero-order valence-electron chi connectivity index (χ0n) is 16.4.